The number of halogens is 1. The van der Waals surface area contributed by atoms with Crippen molar-refractivity contribution in [3.63, 3.8) is 0 Å². The lowest BCUT2D eigenvalue weighted by Gasteiger charge is -2.62. The van der Waals surface area contributed by atoms with Crippen molar-refractivity contribution in [1.29, 1.82) is 0 Å². The number of amidine groups is 1. The third kappa shape index (κ3) is 4.46. The van der Waals surface area contributed by atoms with Crippen molar-refractivity contribution in [3.8, 4) is 5.75 Å². The number of ether oxygens (including phenoxy) is 4. The van der Waals surface area contributed by atoms with Gasteiger partial charge in [0.05, 0.1) is 18.6 Å². The van der Waals surface area contributed by atoms with Crippen molar-refractivity contribution in [2.75, 3.05) is 19.0 Å². The molecular formula is C25H33BrN2O6S. The number of rotatable bonds is 0. The highest BCUT2D eigenvalue weighted by atomic mass is 79.9. The predicted molar refractivity (Wildman–Crippen MR) is 138 cm³/mol. The Hall–Kier alpha value is -1.78. The van der Waals surface area contributed by atoms with Crippen molar-refractivity contribution in [1.82, 2.24) is 4.90 Å². The molecule has 2 amide bonds. The average Bonchev–Trinajstić information content (AvgIpc) is 3.03. The van der Waals surface area contributed by atoms with Crippen LogP contribution >= 0.6 is 27.7 Å². The fourth-order valence-corrected chi connectivity index (χ4v) is 6.37. The van der Waals surface area contributed by atoms with Gasteiger partial charge in [-0.1, -0.05) is 27.7 Å². The van der Waals surface area contributed by atoms with Gasteiger partial charge in [0.2, 0.25) is 0 Å². The largest absolute Gasteiger partial charge is 0.487 e. The van der Waals surface area contributed by atoms with Crippen LogP contribution in [0.1, 0.15) is 61.0 Å². The number of imide groups is 1. The van der Waals surface area contributed by atoms with Gasteiger partial charge >= 0.3 is 12.2 Å². The summed E-state index contributed by atoms with van der Waals surface area (Å²) >= 11 is 4.92. The lowest BCUT2D eigenvalue weighted by atomic mass is 9.56. The van der Waals surface area contributed by atoms with Crippen LogP contribution in [-0.2, 0) is 19.7 Å². The third-order valence-corrected chi connectivity index (χ3v) is 8.02. The molecule has 0 aliphatic carbocycles. The Morgan fingerprint density at radius 3 is 2.11 bits per heavy atom. The van der Waals surface area contributed by atoms with Gasteiger partial charge in [-0.15, -0.1) is 0 Å². The highest BCUT2D eigenvalue weighted by molar-refractivity contribution is 9.10. The summed E-state index contributed by atoms with van der Waals surface area (Å²) in [6.45, 7) is 15.5. The van der Waals surface area contributed by atoms with E-state index in [-0.39, 0.29) is 5.17 Å². The van der Waals surface area contributed by atoms with Crippen LogP contribution in [0.25, 0.3) is 0 Å². The molecule has 8 nitrogen and oxygen atoms in total. The van der Waals surface area contributed by atoms with E-state index in [0.717, 1.165) is 20.7 Å². The standard InChI is InChI=1S/C25H33BrN2O6S/c1-21(2,3)33-19(29)28(20(30)34-22(4,5)6)18-27-25(14-35-18)16-11-15(26)9-10-17(16)32-23(7,8)24(25)12-31-13-24/h9-11H,12-14H2,1-8H3. The van der Waals surface area contributed by atoms with Gasteiger partial charge in [0.25, 0.3) is 0 Å². The van der Waals surface area contributed by atoms with Crippen molar-refractivity contribution < 1.29 is 28.5 Å². The van der Waals surface area contributed by atoms with E-state index >= 15 is 0 Å². The number of nitrogens with zero attached hydrogens (tertiary/aromatic N) is 2. The van der Waals surface area contributed by atoms with E-state index in [1.165, 1.54) is 11.8 Å². The quantitative estimate of drug-likeness (QED) is 0.373. The van der Waals surface area contributed by atoms with Gasteiger partial charge < -0.3 is 18.9 Å². The summed E-state index contributed by atoms with van der Waals surface area (Å²) in [5.41, 5.74) is -2.59. The number of hydrogen-bond donors (Lipinski definition) is 0. The minimum Gasteiger partial charge on any atom is -0.487 e. The molecule has 0 bridgehead atoms. The third-order valence-electron chi connectivity index (χ3n) is 6.43. The van der Waals surface area contributed by atoms with Crippen molar-refractivity contribution in [3.05, 3.63) is 28.2 Å². The number of thioether (sulfide) groups is 1. The minimum absolute atomic E-state index is 0.239. The van der Waals surface area contributed by atoms with E-state index in [1.54, 1.807) is 41.5 Å². The summed E-state index contributed by atoms with van der Waals surface area (Å²) in [5, 5.41) is 0.239. The highest BCUT2D eigenvalue weighted by Crippen LogP contribution is 2.64. The molecule has 192 valence electrons. The Bertz CT molecular complexity index is 1060. The molecule has 35 heavy (non-hydrogen) atoms. The molecule has 1 atom stereocenters. The lowest BCUT2D eigenvalue weighted by molar-refractivity contribution is -0.241. The first-order valence-electron chi connectivity index (χ1n) is 11.6. The monoisotopic (exact) mass is 568 g/mol. The van der Waals surface area contributed by atoms with Gasteiger partial charge in [-0.2, -0.15) is 4.90 Å². The predicted octanol–water partition coefficient (Wildman–Crippen LogP) is 6.11. The van der Waals surface area contributed by atoms with E-state index in [4.69, 9.17) is 23.9 Å². The van der Waals surface area contributed by atoms with Gasteiger partial charge in [-0.05, 0) is 73.6 Å². The summed E-state index contributed by atoms with van der Waals surface area (Å²) in [7, 11) is 0. The number of aliphatic imine (C=N–C) groups is 1. The maximum Gasteiger partial charge on any atom is 0.426 e. The van der Waals surface area contributed by atoms with Gasteiger partial charge in [0, 0.05) is 15.8 Å². The summed E-state index contributed by atoms with van der Waals surface area (Å²) in [4.78, 5) is 32.6. The van der Waals surface area contributed by atoms with Crippen molar-refractivity contribution in [2.24, 2.45) is 10.4 Å². The molecule has 0 radical (unpaired) electrons. The Morgan fingerprint density at radius 2 is 1.63 bits per heavy atom. The van der Waals surface area contributed by atoms with Crippen LogP contribution in [0, 0.1) is 5.41 Å². The highest BCUT2D eigenvalue weighted by Gasteiger charge is 2.70. The first-order valence-corrected chi connectivity index (χ1v) is 13.3. The average molecular weight is 570 g/mol. The van der Waals surface area contributed by atoms with Gasteiger partial charge in [0.1, 0.15) is 28.1 Å². The van der Waals surface area contributed by atoms with E-state index in [1.807, 2.05) is 32.0 Å². The smallest absolute Gasteiger partial charge is 0.426 e. The van der Waals surface area contributed by atoms with Crippen LogP contribution in [0.5, 0.6) is 5.75 Å². The van der Waals surface area contributed by atoms with Crippen molar-refractivity contribution in [2.45, 2.75) is 77.7 Å². The molecule has 3 heterocycles. The van der Waals surface area contributed by atoms with Gasteiger partial charge in [-0.25, -0.2) is 14.6 Å². The molecule has 3 aliphatic heterocycles. The molecule has 0 N–H and O–H groups in total. The van der Waals surface area contributed by atoms with Gasteiger partial charge in [-0.3, -0.25) is 0 Å². The van der Waals surface area contributed by atoms with Crippen LogP contribution in [-0.4, -0.2) is 58.0 Å². The number of carbonyl (C=O) groups is 2. The molecule has 1 aromatic rings. The van der Waals surface area contributed by atoms with Crippen LogP contribution < -0.4 is 4.74 Å². The van der Waals surface area contributed by atoms with E-state index < -0.39 is 39.9 Å². The number of hydrogen-bond acceptors (Lipinski definition) is 8. The molecule has 3 aliphatic rings. The molecule has 1 fully saturated rings. The maximum atomic E-state index is 13.3. The summed E-state index contributed by atoms with van der Waals surface area (Å²) in [6, 6.07) is 5.86. The zero-order valence-electron chi connectivity index (χ0n) is 21.5. The van der Waals surface area contributed by atoms with Crippen LogP contribution in [0.3, 0.4) is 0 Å². The summed E-state index contributed by atoms with van der Waals surface area (Å²) in [6.07, 6.45) is -1.65. The fraction of sp³-hybridized carbons (Fsp3) is 0.640. The van der Waals surface area contributed by atoms with Crippen LogP contribution in [0.4, 0.5) is 9.59 Å². The Morgan fingerprint density at radius 1 is 1.06 bits per heavy atom. The fourth-order valence-electron chi connectivity index (χ4n) is 4.68. The number of benzene rings is 1. The topological polar surface area (TPSA) is 86.7 Å². The van der Waals surface area contributed by atoms with Crippen molar-refractivity contribution >= 4 is 45.0 Å². The lowest BCUT2D eigenvalue weighted by Crippen LogP contribution is -2.71. The number of carbonyl (C=O) groups excluding carboxylic acids is 2. The molecule has 0 saturated carbocycles. The normalized spacial score (nSPS) is 24.2. The number of fused-ring (bicyclic) bond motifs is 3. The van der Waals surface area contributed by atoms with E-state index in [9.17, 15) is 9.59 Å². The minimum atomic E-state index is -0.824. The summed E-state index contributed by atoms with van der Waals surface area (Å²) < 4.78 is 24.3. The second-order valence-corrected chi connectivity index (χ2v) is 13.5. The van der Waals surface area contributed by atoms with Crippen LogP contribution in [0.15, 0.2) is 27.7 Å². The molecular weight excluding hydrogens is 536 g/mol. The van der Waals surface area contributed by atoms with E-state index in [0.29, 0.717) is 19.0 Å². The molecule has 0 aromatic heterocycles. The molecule has 1 aromatic carbocycles. The zero-order chi connectivity index (χ0) is 26.0. The second kappa shape index (κ2) is 8.38. The Labute approximate surface area is 219 Å². The Kier molecular flexibility index (Phi) is 6.29. The number of amides is 2. The summed E-state index contributed by atoms with van der Waals surface area (Å²) in [5.74, 6) is 1.23. The molecule has 4 rings (SSSR count). The molecule has 10 heteroatoms. The van der Waals surface area contributed by atoms with Gasteiger partial charge in [0.15, 0.2) is 5.17 Å². The first kappa shape index (κ1) is 26.3. The molecule has 2 spiro atoms. The first-order chi connectivity index (χ1) is 16.0. The molecule has 1 unspecified atom stereocenters. The second-order valence-electron chi connectivity index (χ2n) is 11.7. The maximum absolute atomic E-state index is 13.3. The SMILES string of the molecule is CC(C)(C)OC(=O)N(C(=O)OC(C)(C)C)C1=NC2(CS1)c1cc(Br)ccc1OC(C)(C)C21COC1. The zero-order valence-corrected chi connectivity index (χ0v) is 23.9. The van der Waals surface area contributed by atoms with Crippen LogP contribution in [0.2, 0.25) is 0 Å². The van der Waals surface area contributed by atoms with E-state index in [2.05, 4.69) is 15.9 Å². The Balaban J connectivity index is 1.86. The molecule has 1 saturated heterocycles.